The molecule has 2 nitrogen and oxygen atoms in total. The predicted molar refractivity (Wildman–Crippen MR) is 76.6 cm³/mol. The van der Waals surface area contributed by atoms with Gasteiger partial charge in [-0.3, -0.25) is 4.98 Å². The van der Waals surface area contributed by atoms with Gasteiger partial charge in [-0.25, -0.2) is 4.39 Å². The zero-order chi connectivity index (χ0) is 13.4. The maximum atomic E-state index is 13.5. The SMILES string of the molecule is Nc1c(Cl)cc(F)cc1-c1cccc2cccnc12. The second kappa shape index (κ2) is 4.52. The van der Waals surface area contributed by atoms with Crippen molar-refractivity contribution in [3.63, 3.8) is 0 Å². The number of aromatic nitrogens is 1. The number of halogens is 2. The Morgan fingerprint density at radius 1 is 1.05 bits per heavy atom. The van der Waals surface area contributed by atoms with E-state index in [9.17, 15) is 4.39 Å². The van der Waals surface area contributed by atoms with Gasteiger partial charge in [0.1, 0.15) is 5.82 Å². The fourth-order valence-corrected chi connectivity index (χ4v) is 2.34. The summed E-state index contributed by atoms with van der Waals surface area (Å²) in [5, 5.41) is 1.18. The lowest BCUT2D eigenvalue weighted by Crippen LogP contribution is -1.94. The first-order valence-electron chi connectivity index (χ1n) is 5.75. The Morgan fingerprint density at radius 2 is 1.84 bits per heavy atom. The van der Waals surface area contributed by atoms with Crippen molar-refractivity contribution in [1.29, 1.82) is 0 Å². The minimum Gasteiger partial charge on any atom is -0.397 e. The quantitative estimate of drug-likeness (QED) is 0.672. The summed E-state index contributed by atoms with van der Waals surface area (Å²) in [6, 6.07) is 12.1. The number of nitrogens with zero attached hydrogens (tertiary/aromatic N) is 1. The molecule has 1 aromatic heterocycles. The molecule has 19 heavy (non-hydrogen) atoms. The van der Waals surface area contributed by atoms with E-state index in [2.05, 4.69) is 4.98 Å². The molecule has 0 bridgehead atoms. The Kier molecular flexibility index (Phi) is 2.84. The molecular formula is C15H10ClFN2. The third kappa shape index (κ3) is 2.02. The molecule has 0 amide bonds. The summed E-state index contributed by atoms with van der Waals surface area (Å²) >= 11 is 5.93. The zero-order valence-electron chi connectivity index (χ0n) is 9.90. The van der Waals surface area contributed by atoms with Gasteiger partial charge in [-0.1, -0.05) is 35.9 Å². The highest BCUT2D eigenvalue weighted by molar-refractivity contribution is 6.33. The summed E-state index contributed by atoms with van der Waals surface area (Å²) in [7, 11) is 0. The molecule has 0 fully saturated rings. The lowest BCUT2D eigenvalue weighted by Gasteiger charge is -2.10. The highest BCUT2D eigenvalue weighted by atomic mass is 35.5. The lowest BCUT2D eigenvalue weighted by atomic mass is 10.0. The second-order valence-electron chi connectivity index (χ2n) is 4.23. The average Bonchev–Trinajstić information content (AvgIpc) is 2.42. The van der Waals surface area contributed by atoms with E-state index in [1.54, 1.807) is 6.20 Å². The van der Waals surface area contributed by atoms with Crippen molar-refractivity contribution in [3.05, 3.63) is 59.5 Å². The van der Waals surface area contributed by atoms with Crippen LogP contribution in [0.3, 0.4) is 0 Å². The van der Waals surface area contributed by atoms with Crippen LogP contribution < -0.4 is 5.73 Å². The molecule has 94 valence electrons. The van der Waals surface area contributed by atoms with Crippen LogP contribution in [0.25, 0.3) is 22.0 Å². The number of nitrogen functional groups attached to an aromatic ring is 1. The van der Waals surface area contributed by atoms with Gasteiger partial charge in [-0.2, -0.15) is 0 Å². The summed E-state index contributed by atoms with van der Waals surface area (Å²) in [5.41, 5.74) is 8.43. The summed E-state index contributed by atoms with van der Waals surface area (Å²) in [6.45, 7) is 0. The molecule has 0 unspecified atom stereocenters. The lowest BCUT2D eigenvalue weighted by molar-refractivity contribution is 0.628. The van der Waals surface area contributed by atoms with Gasteiger partial charge in [0, 0.05) is 22.7 Å². The van der Waals surface area contributed by atoms with Crippen LogP contribution in [0.4, 0.5) is 10.1 Å². The molecule has 0 radical (unpaired) electrons. The first-order chi connectivity index (χ1) is 9.16. The molecule has 0 spiro atoms. The van der Waals surface area contributed by atoms with Crippen LogP contribution >= 0.6 is 11.6 Å². The molecule has 0 aliphatic rings. The number of nitrogens with two attached hydrogens (primary N) is 1. The number of para-hydroxylation sites is 1. The van der Waals surface area contributed by atoms with Gasteiger partial charge >= 0.3 is 0 Å². The number of benzene rings is 2. The monoisotopic (exact) mass is 272 g/mol. The number of rotatable bonds is 1. The number of hydrogen-bond acceptors (Lipinski definition) is 2. The van der Waals surface area contributed by atoms with Crippen molar-refractivity contribution in [2.45, 2.75) is 0 Å². The van der Waals surface area contributed by atoms with Gasteiger partial charge in [0.15, 0.2) is 0 Å². The summed E-state index contributed by atoms with van der Waals surface area (Å²) in [4.78, 5) is 4.34. The Morgan fingerprint density at radius 3 is 2.68 bits per heavy atom. The van der Waals surface area contributed by atoms with Crippen molar-refractivity contribution in [2.24, 2.45) is 0 Å². The van der Waals surface area contributed by atoms with E-state index in [1.165, 1.54) is 12.1 Å². The molecule has 0 saturated heterocycles. The van der Waals surface area contributed by atoms with Gasteiger partial charge in [0.2, 0.25) is 0 Å². The first-order valence-corrected chi connectivity index (χ1v) is 6.13. The Hall–Kier alpha value is -2.13. The van der Waals surface area contributed by atoms with Crippen molar-refractivity contribution in [3.8, 4) is 11.1 Å². The van der Waals surface area contributed by atoms with E-state index >= 15 is 0 Å². The molecule has 0 atom stereocenters. The Bertz CT molecular complexity index is 766. The average molecular weight is 273 g/mol. The van der Waals surface area contributed by atoms with E-state index in [-0.39, 0.29) is 5.02 Å². The van der Waals surface area contributed by atoms with Crippen LogP contribution in [-0.4, -0.2) is 4.98 Å². The van der Waals surface area contributed by atoms with Crippen LogP contribution in [0.2, 0.25) is 5.02 Å². The van der Waals surface area contributed by atoms with E-state index in [4.69, 9.17) is 17.3 Å². The Balaban J connectivity index is 2.37. The smallest absolute Gasteiger partial charge is 0.125 e. The largest absolute Gasteiger partial charge is 0.397 e. The molecule has 0 saturated carbocycles. The molecule has 3 rings (SSSR count). The van der Waals surface area contributed by atoms with Crippen LogP contribution in [-0.2, 0) is 0 Å². The molecule has 3 aromatic rings. The van der Waals surface area contributed by atoms with Crippen molar-refractivity contribution in [1.82, 2.24) is 4.98 Å². The van der Waals surface area contributed by atoms with Crippen LogP contribution in [0.1, 0.15) is 0 Å². The van der Waals surface area contributed by atoms with E-state index in [0.717, 1.165) is 16.5 Å². The van der Waals surface area contributed by atoms with Crippen molar-refractivity contribution < 1.29 is 4.39 Å². The second-order valence-corrected chi connectivity index (χ2v) is 4.64. The molecule has 0 aliphatic heterocycles. The highest BCUT2D eigenvalue weighted by Crippen LogP contribution is 2.35. The molecular weight excluding hydrogens is 263 g/mol. The predicted octanol–water partition coefficient (Wildman–Crippen LogP) is 4.28. The third-order valence-electron chi connectivity index (χ3n) is 3.02. The molecule has 2 N–H and O–H groups in total. The van der Waals surface area contributed by atoms with Crippen LogP contribution in [0, 0.1) is 5.82 Å². The maximum Gasteiger partial charge on any atom is 0.125 e. The minimum atomic E-state index is -0.415. The van der Waals surface area contributed by atoms with Gasteiger partial charge in [0.25, 0.3) is 0 Å². The zero-order valence-corrected chi connectivity index (χ0v) is 10.7. The summed E-state index contributed by atoms with van der Waals surface area (Å²) in [5.74, 6) is -0.415. The number of fused-ring (bicyclic) bond motifs is 1. The number of pyridine rings is 1. The van der Waals surface area contributed by atoms with Gasteiger partial charge < -0.3 is 5.73 Å². The summed E-state index contributed by atoms with van der Waals surface area (Å²) < 4.78 is 13.5. The van der Waals surface area contributed by atoms with Crippen molar-refractivity contribution >= 4 is 28.2 Å². The van der Waals surface area contributed by atoms with Gasteiger partial charge in [0.05, 0.1) is 16.2 Å². The third-order valence-corrected chi connectivity index (χ3v) is 3.33. The number of anilines is 1. The minimum absolute atomic E-state index is 0.211. The van der Waals surface area contributed by atoms with E-state index < -0.39 is 5.82 Å². The normalized spacial score (nSPS) is 10.8. The summed E-state index contributed by atoms with van der Waals surface area (Å²) in [6.07, 6.45) is 1.70. The standard InChI is InChI=1S/C15H10ClFN2/c16-13-8-10(17)7-12(14(13)18)11-5-1-3-9-4-2-6-19-15(9)11/h1-8H,18H2. The van der Waals surface area contributed by atoms with Crippen LogP contribution in [0.15, 0.2) is 48.7 Å². The first kappa shape index (κ1) is 11.9. The topological polar surface area (TPSA) is 38.9 Å². The number of hydrogen-bond donors (Lipinski definition) is 1. The molecule has 2 aromatic carbocycles. The maximum absolute atomic E-state index is 13.5. The fourth-order valence-electron chi connectivity index (χ4n) is 2.13. The molecule has 4 heteroatoms. The van der Waals surface area contributed by atoms with Crippen molar-refractivity contribution in [2.75, 3.05) is 5.73 Å². The van der Waals surface area contributed by atoms with Crippen LogP contribution in [0.5, 0.6) is 0 Å². The van der Waals surface area contributed by atoms with Gasteiger partial charge in [-0.05, 0) is 18.2 Å². The van der Waals surface area contributed by atoms with Gasteiger partial charge in [-0.15, -0.1) is 0 Å². The molecule has 1 heterocycles. The highest BCUT2D eigenvalue weighted by Gasteiger charge is 2.12. The Labute approximate surface area is 114 Å². The molecule has 0 aliphatic carbocycles. The van der Waals surface area contributed by atoms with E-state index in [1.807, 2.05) is 30.3 Å². The fraction of sp³-hybridized carbons (Fsp3) is 0. The van der Waals surface area contributed by atoms with E-state index in [0.29, 0.717) is 11.3 Å².